The number of benzene rings is 2. The van der Waals surface area contributed by atoms with Crippen molar-refractivity contribution in [3.05, 3.63) is 81.0 Å². The summed E-state index contributed by atoms with van der Waals surface area (Å²) in [5.74, 6) is -3.63. The number of non-ortho nitro benzene ring substituents is 1. The summed E-state index contributed by atoms with van der Waals surface area (Å²) in [6.45, 7) is 6.90. The Bertz CT molecular complexity index is 1140. The largest absolute Gasteiger partial charge is 0.466 e. The molecule has 0 amide bonds. The molecule has 0 radical (unpaired) electrons. The molecule has 0 saturated heterocycles. The fraction of sp³-hybridized carbons (Fsp3) is 0.385. The summed E-state index contributed by atoms with van der Waals surface area (Å²) < 4.78 is 10.6. The highest BCUT2D eigenvalue weighted by atomic mass is 16.6. The molecule has 1 aliphatic carbocycles. The van der Waals surface area contributed by atoms with Gasteiger partial charge < -0.3 is 19.9 Å². The van der Waals surface area contributed by atoms with Gasteiger partial charge in [-0.25, -0.2) is 4.79 Å². The number of carbonyl (C=O) groups is 2. The zero-order valence-electron chi connectivity index (χ0n) is 20.2. The van der Waals surface area contributed by atoms with Gasteiger partial charge in [0.1, 0.15) is 0 Å². The van der Waals surface area contributed by atoms with Gasteiger partial charge in [-0.3, -0.25) is 14.9 Å². The molecule has 0 aliphatic heterocycles. The third-order valence-electron chi connectivity index (χ3n) is 6.00. The molecular weight excluding hydrogens is 452 g/mol. The third-order valence-corrected chi connectivity index (χ3v) is 6.00. The summed E-state index contributed by atoms with van der Waals surface area (Å²) in [5, 5.41) is 26.2. The Morgan fingerprint density at radius 3 is 2.40 bits per heavy atom. The lowest BCUT2D eigenvalue weighted by Crippen LogP contribution is -2.49. The standard InChI is InChI=1S/C26H30N2O7/c1-5-34-24(29)22-20(27-18-12-10-16(3)11-13-18)15-26(4,31)23(25(30)35-6-2)21(22)17-8-7-9-19(14-17)28(32)33/h7-14,21,23,27,31H,5-6,15H2,1-4H3/t21-,23-,26-/m1/s1. The number of aryl methyl sites for hydroxylation is 1. The number of esters is 2. The Kier molecular flexibility index (Phi) is 7.91. The number of rotatable bonds is 8. The summed E-state index contributed by atoms with van der Waals surface area (Å²) in [6, 6.07) is 13.2. The summed E-state index contributed by atoms with van der Waals surface area (Å²) >= 11 is 0. The number of nitrogens with zero attached hydrogens (tertiary/aromatic N) is 1. The summed E-state index contributed by atoms with van der Waals surface area (Å²) in [6.07, 6.45) is -0.0655. The van der Waals surface area contributed by atoms with Crippen LogP contribution in [-0.4, -0.2) is 40.8 Å². The van der Waals surface area contributed by atoms with Gasteiger partial charge in [-0.2, -0.15) is 0 Å². The highest BCUT2D eigenvalue weighted by molar-refractivity contribution is 5.94. The van der Waals surface area contributed by atoms with E-state index in [9.17, 15) is 24.8 Å². The van der Waals surface area contributed by atoms with E-state index in [1.54, 1.807) is 19.9 Å². The average Bonchev–Trinajstić information content (AvgIpc) is 2.79. The lowest BCUT2D eigenvalue weighted by atomic mass is 9.65. The van der Waals surface area contributed by atoms with Crippen LogP contribution in [0.1, 0.15) is 44.2 Å². The second kappa shape index (κ2) is 10.7. The molecule has 1 aliphatic rings. The second-order valence-corrected chi connectivity index (χ2v) is 8.70. The molecule has 2 N–H and O–H groups in total. The number of carbonyl (C=O) groups excluding carboxylic acids is 2. The molecule has 3 atom stereocenters. The number of aliphatic hydroxyl groups is 1. The Labute approximate surface area is 203 Å². The van der Waals surface area contributed by atoms with Crippen molar-refractivity contribution in [1.29, 1.82) is 0 Å². The van der Waals surface area contributed by atoms with Crippen LogP contribution in [-0.2, 0) is 19.1 Å². The molecule has 0 saturated carbocycles. The van der Waals surface area contributed by atoms with E-state index in [1.165, 1.54) is 25.1 Å². The summed E-state index contributed by atoms with van der Waals surface area (Å²) in [4.78, 5) is 37.4. The Hall–Kier alpha value is -3.72. The van der Waals surface area contributed by atoms with Crippen LogP contribution in [0.2, 0.25) is 0 Å². The first-order valence-corrected chi connectivity index (χ1v) is 11.5. The highest BCUT2D eigenvalue weighted by Crippen LogP contribution is 2.48. The maximum atomic E-state index is 13.3. The van der Waals surface area contributed by atoms with E-state index in [-0.39, 0.29) is 30.9 Å². The van der Waals surface area contributed by atoms with Gasteiger partial charge in [0.25, 0.3) is 5.69 Å². The number of hydrogen-bond acceptors (Lipinski definition) is 8. The summed E-state index contributed by atoms with van der Waals surface area (Å²) in [7, 11) is 0. The lowest BCUT2D eigenvalue weighted by Gasteiger charge is -2.43. The number of nitro groups is 1. The van der Waals surface area contributed by atoms with Crippen molar-refractivity contribution < 1.29 is 29.1 Å². The van der Waals surface area contributed by atoms with Gasteiger partial charge in [0, 0.05) is 35.9 Å². The molecule has 186 valence electrons. The van der Waals surface area contributed by atoms with E-state index in [4.69, 9.17) is 9.47 Å². The van der Waals surface area contributed by atoms with Gasteiger partial charge >= 0.3 is 11.9 Å². The minimum absolute atomic E-state index is 0.0655. The van der Waals surface area contributed by atoms with Gasteiger partial charge in [-0.15, -0.1) is 0 Å². The van der Waals surface area contributed by atoms with Crippen LogP contribution in [0.15, 0.2) is 59.8 Å². The number of hydrogen-bond donors (Lipinski definition) is 2. The first-order valence-electron chi connectivity index (χ1n) is 11.5. The molecule has 9 nitrogen and oxygen atoms in total. The molecule has 0 spiro atoms. The minimum atomic E-state index is -1.63. The van der Waals surface area contributed by atoms with E-state index >= 15 is 0 Å². The second-order valence-electron chi connectivity index (χ2n) is 8.70. The Balaban J connectivity index is 2.28. The van der Waals surface area contributed by atoms with E-state index in [2.05, 4.69) is 5.32 Å². The van der Waals surface area contributed by atoms with Crippen LogP contribution in [0.25, 0.3) is 0 Å². The van der Waals surface area contributed by atoms with Gasteiger partial charge in [0.15, 0.2) is 0 Å². The van der Waals surface area contributed by atoms with Crippen LogP contribution >= 0.6 is 0 Å². The van der Waals surface area contributed by atoms with Crippen molar-refractivity contribution in [3.8, 4) is 0 Å². The quantitative estimate of drug-likeness (QED) is 0.325. The highest BCUT2D eigenvalue weighted by Gasteiger charge is 2.52. The first kappa shape index (κ1) is 25.9. The molecule has 2 aromatic rings. The predicted octanol–water partition coefficient (Wildman–Crippen LogP) is 4.25. The molecule has 9 heteroatoms. The summed E-state index contributed by atoms with van der Waals surface area (Å²) in [5.41, 5.74) is 0.699. The number of nitro benzene ring substituents is 1. The monoisotopic (exact) mass is 482 g/mol. The van der Waals surface area contributed by atoms with Gasteiger partial charge in [-0.1, -0.05) is 29.8 Å². The zero-order chi connectivity index (χ0) is 25.8. The van der Waals surface area contributed by atoms with Crippen molar-refractivity contribution in [2.45, 2.75) is 45.6 Å². The SMILES string of the molecule is CCOC(=O)C1=C(Nc2ccc(C)cc2)C[C@@](C)(O)[C@@H](C(=O)OCC)[C@@H]1c1cccc([N+](=O)[O-])c1. The smallest absolute Gasteiger partial charge is 0.336 e. The average molecular weight is 483 g/mol. The predicted molar refractivity (Wildman–Crippen MR) is 130 cm³/mol. The lowest BCUT2D eigenvalue weighted by molar-refractivity contribution is -0.384. The zero-order valence-corrected chi connectivity index (χ0v) is 20.2. The molecule has 0 aromatic heterocycles. The van der Waals surface area contributed by atoms with Crippen LogP contribution in [0, 0.1) is 23.0 Å². The van der Waals surface area contributed by atoms with Gasteiger partial charge in [-0.05, 0) is 45.4 Å². The van der Waals surface area contributed by atoms with Crippen molar-refractivity contribution >= 4 is 23.3 Å². The molecule has 0 bridgehead atoms. The van der Waals surface area contributed by atoms with Gasteiger partial charge in [0.05, 0.1) is 35.2 Å². The fourth-order valence-corrected chi connectivity index (χ4v) is 4.47. The molecule has 0 heterocycles. The van der Waals surface area contributed by atoms with Crippen molar-refractivity contribution in [2.75, 3.05) is 18.5 Å². The minimum Gasteiger partial charge on any atom is -0.466 e. The maximum absolute atomic E-state index is 13.3. The third kappa shape index (κ3) is 5.68. The molecule has 35 heavy (non-hydrogen) atoms. The topological polar surface area (TPSA) is 128 Å². The number of ether oxygens (including phenoxy) is 2. The molecule has 2 aromatic carbocycles. The Morgan fingerprint density at radius 1 is 1.14 bits per heavy atom. The normalized spacial score (nSPS) is 21.9. The van der Waals surface area contributed by atoms with Crippen molar-refractivity contribution in [3.63, 3.8) is 0 Å². The van der Waals surface area contributed by atoms with Crippen LogP contribution in [0.3, 0.4) is 0 Å². The molecule has 3 rings (SSSR count). The fourth-order valence-electron chi connectivity index (χ4n) is 4.47. The first-order chi connectivity index (χ1) is 16.6. The number of nitrogens with one attached hydrogen (secondary N) is 1. The van der Waals surface area contributed by atoms with E-state index in [0.717, 1.165) is 5.56 Å². The van der Waals surface area contributed by atoms with Crippen molar-refractivity contribution in [2.24, 2.45) is 5.92 Å². The van der Waals surface area contributed by atoms with E-state index in [1.807, 2.05) is 31.2 Å². The molecular formula is C26H30N2O7. The van der Waals surface area contributed by atoms with E-state index in [0.29, 0.717) is 16.9 Å². The molecule has 0 fully saturated rings. The van der Waals surface area contributed by atoms with Crippen LogP contribution in [0.5, 0.6) is 0 Å². The van der Waals surface area contributed by atoms with Crippen LogP contribution < -0.4 is 5.32 Å². The van der Waals surface area contributed by atoms with Crippen molar-refractivity contribution in [1.82, 2.24) is 0 Å². The Morgan fingerprint density at radius 2 is 1.80 bits per heavy atom. The number of anilines is 1. The van der Waals surface area contributed by atoms with Crippen LogP contribution in [0.4, 0.5) is 11.4 Å². The van der Waals surface area contributed by atoms with E-state index < -0.39 is 34.3 Å². The molecule has 0 unspecified atom stereocenters. The van der Waals surface area contributed by atoms with Gasteiger partial charge in [0.2, 0.25) is 0 Å². The maximum Gasteiger partial charge on any atom is 0.336 e.